The standard InChI is InChI=1S/C11H16N2OS/c1-5-6-9(14)13-10-12-8(7-15-10)11(2,3)4/h5,7H,1,6H2,2-4H3,(H,12,13,14). The summed E-state index contributed by atoms with van der Waals surface area (Å²) >= 11 is 1.45. The van der Waals surface area contributed by atoms with Crippen LogP contribution < -0.4 is 5.32 Å². The Labute approximate surface area is 94.2 Å². The summed E-state index contributed by atoms with van der Waals surface area (Å²) in [5.41, 5.74) is 1.03. The maximum atomic E-state index is 11.3. The molecule has 0 aromatic carbocycles. The molecule has 0 aliphatic heterocycles. The lowest BCUT2D eigenvalue weighted by Crippen LogP contribution is -2.13. The van der Waals surface area contributed by atoms with Crippen molar-refractivity contribution < 1.29 is 4.79 Å². The third kappa shape index (κ3) is 3.47. The highest BCUT2D eigenvalue weighted by molar-refractivity contribution is 7.13. The molecule has 1 aromatic heterocycles. The van der Waals surface area contributed by atoms with Crippen LogP contribution >= 0.6 is 11.3 Å². The van der Waals surface area contributed by atoms with Crippen LogP contribution in [0.5, 0.6) is 0 Å². The molecule has 0 unspecified atom stereocenters. The van der Waals surface area contributed by atoms with Gasteiger partial charge in [-0.1, -0.05) is 26.8 Å². The van der Waals surface area contributed by atoms with Crippen LogP contribution in [0.1, 0.15) is 32.9 Å². The van der Waals surface area contributed by atoms with Crippen molar-refractivity contribution >= 4 is 22.4 Å². The lowest BCUT2D eigenvalue weighted by atomic mass is 9.93. The maximum absolute atomic E-state index is 11.3. The van der Waals surface area contributed by atoms with Crippen molar-refractivity contribution in [1.29, 1.82) is 0 Å². The average molecular weight is 224 g/mol. The molecule has 0 aliphatic carbocycles. The van der Waals surface area contributed by atoms with Gasteiger partial charge >= 0.3 is 0 Å². The van der Waals surface area contributed by atoms with Gasteiger partial charge in [-0.05, 0) is 0 Å². The monoisotopic (exact) mass is 224 g/mol. The molecule has 4 heteroatoms. The first-order chi connectivity index (χ1) is 6.93. The highest BCUT2D eigenvalue weighted by atomic mass is 32.1. The van der Waals surface area contributed by atoms with Gasteiger partial charge in [0, 0.05) is 17.2 Å². The van der Waals surface area contributed by atoms with Gasteiger partial charge in [0.25, 0.3) is 0 Å². The quantitative estimate of drug-likeness (QED) is 0.802. The zero-order chi connectivity index (χ0) is 11.5. The molecule has 1 heterocycles. The number of carbonyl (C=O) groups is 1. The molecular formula is C11H16N2OS. The van der Waals surface area contributed by atoms with Crippen LogP contribution in [0.15, 0.2) is 18.0 Å². The van der Waals surface area contributed by atoms with Gasteiger partial charge in [0.2, 0.25) is 5.91 Å². The molecule has 1 N–H and O–H groups in total. The van der Waals surface area contributed by atoms with Gasteiger partial charge in [0.1, 0.15) is 0 Å². The van der Waals surface area contributed by atoms with Crippen LogP contribution in [-0.4, -0.2) is 10.9 Å². The summed E-state index contributed by atoms with van der Waals surface area (Å²) in [6.45, 7) is 9.79. The summed E-state index contributed by atoms with van der Waals surface area (Å²) in [5, 5.41) is 5.37. The summed E-state index contributed by atoms with van der Waals surface area (Å²) in [5.74, 6) is -0.0696. The van der Waals surface area contributed by atoms with E-state index in [1.807, 2.05) is 5.38 Å². The smallest absolute Gasteiger partial charge is 0.229 e. The molecule has 0 aliphatic rings. The van der Waals surface area contributed by atoms with Gasteiger partial charge in [-0.3, -0.25) is 4.79 Å². The Kier molecular flexibility index (Phi) is 3.63. The van der Waals surface area contributed by atoms with Gasteiger partial charge in [-0.25, -0.2) is 4.98 Å². The summed E-state index contributed by atoms with van der Waals surface area (Å²) < 4.78 is 0. The Morgan fingerprint density at radius 2 is 2.33 bits per heavy atom. The SMILES string of the molecule is C=CCC(=O)Nc1nc(C(C)(C)C)cs1. The Balaban J connectivity index is 2.69. The molecule has 0 fully saturated rings. The van der Waals surface area contributed by atoms with Gasteiger partial charge in [0.05, 0.1) is 5.69 Å². The van der Waals surface area contributed by atoms with Crippen LogP contribution in [0.25, 0.3) is 0 Å². The summed E-state index contributed by atoms with van der Waals surface area (Å²) in [7, 11) is 0. The van der Waals surface area contributed by atoms with Crippen molar-refractivity contribution in [2.24, 2.45) is 0 Å². The van der Waals surface area contributed by atoms with Crippen molar-refractivity contribution in [1.82, 2.24) is 4.98 Å². The molecule has 1 rings (SSSR count). The van der Waals surface area contributed by atoms with Crippen LogP contribution in [0, 0.1) is 0 Å². The Morgan fingerprint density at radius 1 is 1.67 bits per heavy atom. The molecule has 15 heavy (non-hydrogen) atoms. The van der Waals surface area contributed by atoms with E-state index in [0.29, 0.717) is 11.6 Å². The number of aromatic nitrogens is 1. The van der Waals surface area contributed by atoms with Crippen molar-refractivity contribution in [3.8, 4) is 0 Å². The van der Waals surface area contributed by atoms with Crippen molar-refractivity contribution in [3.05, 3.63) is 23.7 Å². The number of thiazole rings is 1. The molecule has 3 nitrogen and oxygen atoms in total. The highest BCUT2D eigenvalue weighted by Gasteiger charge is 2.17. The van der Waals surface area contributed by atoms with E-state index in [-0.39, 0.29) is 11.3 Å². The first kappa shape index (κ1) is 11.9. The molecule has 1 aromatic rings. The number of rotatable bonds is 3. The topological polar surface area (TPSA) is 42.0 Å². The second kappa shape index (κ2) is 4.57. The number of nitrogens with one attached hydrogen (secondary N) is 1. The lowest BCUT2D eigenvalue weighted by molar-refractivity contribution is -0.115. The molecule has 1 amide bonds. The predicted octanol–water partition coefficient (Wildman–Crippen LogP) is 2.96. The fraction of sp³-hybridized carbons (Fsp3) is 0.455. The summed E-state index contributed by atoms with van der Waals surface area (Å²) in [6, 6.07) is 0. The van der Waals surface area contributed by atoms with E-state index in [2.05, 4.69) is 37.7 Å². The van der Waals surface area contributed by atoms with E-state index in [1.165, 1.54) is 11.3 Å². The molecule has 0 radical (unpaired) electrons. The summed E-state index contributed by atoms with van der Waals surface area (Å²) in [6.07, 6.45) is 1.90. The number of nitrogens with zero attached hydrogens (tertiary/aromatic N) is 1. The van der Waals surface area contributed by atoms with E-state index in [9.17, 15) is 4.79 Å². The van der Waals surface area contributed by atoms with E-state index < -0.39 is 0 Å². The first-order valence-electron chi connectivity index (χ1n) is 4.80. The Hall–Kier alpha value is -1.16. The molecule has 82 valence electrons. The second-order valence-corrected chi connectivity index (χ2v) is 5.19. The minimum atomic E-state index is -0.0696. The average Bonchev–Trinajstić information content (AvgIpc) is 2.52. The number of hydrogen-bond donors (Lipinski definition) is 1. The largest absolute Gasteiger partial charge is 0.302 e. The fourth-order valence-electron chi connectivity index (χ4n) is 0.977. The fourth-order valence-corrected chi connectivity index (χ4v) is 1.93. The predicted molar refractivity (Wildman–Crippen MR) is 64.3 cm³/mol. The van der Waals surface area contributed by atoms with E-state index >= 15 is 0 Å². The van der Waals surface area contributed by atoms with Crippen molar-refractivity contribution in [2.75, 3.05) is 5.32 Å². The molecule has 0 saturated heterocycles. The van der Waals surface area contributed by atoms with Crippen LogP contribution in [0.4, 0.5) is 5.13 Å². The van der Waals surface area contributed by atoms with E-state index in [0.717, 1.165) is 5.69 Å². The molecule has 0 spiro atoms. The minimum Gasteiger partial charge on any atom is -0.302 e. The second-order valence-electron chi connectivity index (χ2n) is 4.33. The Morgan fingerprint density at radius 3 is 2.80 bits per heavy atom. The zero-order valence-corrected chi connectivity index (χ0v) is 10.1. The number of amides is 1. The highest BCUT2D eigenvalue weighted by Crippen LogP contribution is 2.26. The van der Waals surface area contributed by atoms with E-state index in [4.69, 9.17) is 0 Å². The van der Waals surface area contributed by atoms with Gasteiger partial charge < -0.3 is 5.32 Å². The Bertz CT molecular complexity index is 363. The number of anilines is 1. The number of carbonyl (C=O) groups excluding carboxylic acids is 1. The van der Waals surface area contributed by atoms with Gasteiger partial charge in [-0.2, -0.15) is 0 Å². The van der Waals surface area contributed by atoms with Crippen LogP contribution in [-0.2, 0) is 10.2 Å². The number of hydrogen-bond acceptors (Lipinski definition) is 3. The molecule has 0 bridgehead atoms. The third-order valence-electron chi connectivity index (χ3n) is 1.85. The first-order valence-corrected chi connectivity index (χ1v) is 5.68. The van der Waals surface area contributed by atoms with Crippen LogP contribution in [0.2, 0.25) is 0 Å². The molecule has 0 saturated carbocycles. The summed E-state index contributed by atoms with van der Waals surface area (Å²) in [4.78, 5) is 15.6. The normalized spacial score (nSPS) is 11.1. The van der Waals surface area contributed by atoms with E-state index in [1.54, 1.807) is 6.08 Å². The maximum Gasteiger partial charge on any atom is 0.229 e. The minimum absolute atomic E-state index is 0.0257. The third-order valence-corrected chi connectivity index (χ3v) is 2.61. The van der Waals surface area contributed by atoms with Crippen molar-refractivity contribution in [2.45, 2.75) is 32.6 Å². The van der Waals surface area contributed by atoms with Crippen molar-refractivity contribution in [3.63, 3.8) is 0 Å². The van der Waals surface area contributed by atoms with Gasteiger partial charge in [-0.15, -0.1) is 17.9 Å². The molecular weight excluding hydrogens is 208 g/mol. The molecule has 0 atom stereocenters. The van der Waals surface area contributed by atoms with Crippen LogP contribution in [0.3, 0.4) is 0 Å². The lowest BCUT2D eigenvalue weighted by Gasteiger charge is -2.14. The zero-order valence-electron chi connectivity index (χ0n) is 9.33. The van der Waals surface area contributed by atoms with Gasteiger partial charge in [0.15, 0.2) is 5.13 Å².